The van der Waals surface area contributed by atoms with E-state index in [0.717, 1.165) is 11.1 Å². The first kappa shape index (κ1) is 22.1. The summed E-state index contributed by atoms with van der Waals surface area (Å²) in [5, 5.41) is 0.957. The van der Waals surface area contributed by atoms with E-state index in [1.54, 1.807) is 50.6 Å². The molecule has 32 heavy (non-hydrogen) atoms. The Morgan fingerprint density at radius 3 is 2.50 bits per heavy atom. The molecule has 164 valence electrons. The van der Waals surface area contributed by atoms with Crippen molar-refractivity contribution < 1.29 is 23.7 Å². The molecule has 0 bridgehead atoms. The first-order valence-corrected chi connectivity index (χ1v) is 10.5. The third kappa shape index (κ3) is 4.14. The molecule has 0 amide bonds. The number of ketones is 1. The van der Waals surface area contributed by atoms with Crippen LogP contribution in [0.3, 0.4) is 0 Å². The molecular formula is C25H20Cl2O5. The Balaban J connectivity index is 1.60. The lowest BCUT2D eigenvalue weighted by molar-refractivity contribution is 0.101. The number of methoxy groups -OCH3 is 2. The molecule has 0 aliphatic carbocycles. The highest BCUT2D eigenvalue weighted by Gasteiger charge is 2.30. The van der Waals surface area contributed by atoms with Gasteiger partial charge >= 0.3 is 0 Å². The Kier molecular flexibility index (Phi) is 6.31. The Labute approximate surface area is 196 Å². The van der Waals surface area contributed by atoms with Gasteiger partial charge in [0, 0.05) is 11.1 Å². The van der Waals surface area contributed by atoms with Crippen molar-refractivity contribution in [1.29, 1.82) is 0 Å². The number of ether oxygens (including phenoxy) is 4. The average Bonchev–Trinajstić information content (AvgIpc) is 3.11. The van der Waals surface area contributed by atoms with Crippen LogP contribution in [0.5, 0.6) is 23.0 Å². The third-order valence-corrected chi connectivity index (χ3v) is 5.87. The molecule has 5 nitrogen and oxygen atoms in total. The molecular weight excluding hydrogens is 451 g/mol. The second-order valence-electron chi connectivity index (χ2n) is 7.13. The van der Waals surface area contributed by atoms with Crippen LogP contribution in [-0.2, 0) is 6.61 Å². The van der Waals surface area contributed by atoms with Gasteiger partial charge in [0.1, 0.15) is 18.1 Å². The van der Waals surface area contributed by atoms with Crippen molar-refractivity contribution in [2.75, 3.05) is 14.2 Å². The van der Waals surface area contributed by atoms with Crippen molar-refractivity contribution in [2.45, 2.75) is 13.5 Å². The first-order valence-electron chi connectivity index (χ1n) is 9.78. The lowest BCUT2D eigenvalue weighted by Gasteiger charge is -2.12. The van der Waals surface area contributed by atoms with Gasteiger partial charge in [-0.2, -0.15) is 0 Å². The molecule has 0 aromatic heterocycles. The molecule has 0 fully saturated rings. The second kappa shape index (κ2) is 9.15. The lowest BCUT2D eigenvalue weighted by Crippen LogP contribution is -1.99. The second-order valence-corrected chi connectivity index (χ2v) is 7.94. The highest BCUT2D eigenvalue weighted by Crippen LogP contribution is 2.41. The number of fused-ring (bicyclic) bond motifs is 1. The Morgan fingerprint density at radius 1 is 0.969 bits per heavy atom. The maximum absolute atomic E-state index is 12.9. The SMILES string of the molecule is COc1cccc(/C=C2\Oc3c(ccc(OCc4ccc(Cl)c(Cl)c4)c3C)C2=O)c1OC. The number of carbonyl (C=O) groups excluding carboxylic acids is 1. The smallest absolute Gasteiger partial charge is 0.231 e. The molecule has 0 saturated heterocycles. The minimum atomic E-state index is -0.205. The maximum atomic E-state index is 12.9. The van der Waals surface area contributed by atoms with Crippen LogP contribution in [0.15, 0.2) is 54.3 Å². The number of carbonyl (C=O) groups is 1. The van der Waals surface area contributed by atoms with Crippen LogP contribution >= 0.6 is 23.2 Å². The van der Waals surface area contributed by atoms with E-state index in [9.17, 15) is 4.79 Å². The van der Waals surface area contributed by atoms with Crippen LogP contribution in [0.25, 0.3) is 6.08 Å². The van der Waals surface area contributed by atoms with E-state index in [1.807, 2.05) is 25.1 Å². The van der Waals surface area contributed by atoms with Crippen molar-refractivity contribution in [3.8, 4) is 23.0 Å². The maximum Gasteiger partial charge on any atom is 0.231 e. The molecule has 0 unspecified atom stereocenters. The zero-order chi connectivity index (χ0) is 22.8. The van der Waals surface area contributed by atoms with Crippen molar-refractivity contribution >= 4 is 35.1 Å². The molecule has 0 saturated carbocycles. The van der Waals surface area contributed by atoms with Gasteiger partial charge in [-0.15, -0.1) is 0 Å². The van der Waals surface area contributed by atoms with Gasteiger partial charge in [0.25, 0.3) is 0 Å². The minimum Gasteiger partial charge on any atom is -0.493 e. The predicted octanol–water partition coefficient (Wildman–Crippen LogP) is 6.51. The summed E-state index contributed by atoms with van der Waals surface area (Å²) in [6.45, 7) is 2.15. The van der Waals surface area contributed by atoms with E-state index in [1.165, 1.54) is 0 Å². The molecule has 1 aliphatic heterocycles. The Morgan fingerprint density at radius 2 is 1.78 bits per heavy atom. The summed E-state index contributed by atoms with van der Waals surface area (Å²) >= 11 is 12.0. The van der Waals surface area contributed by atoms with Gasteiger partial charge in [0.15, 0.2) is 17.3 Å². The Bertz CT molecular complexity index is 1230. The molecule has 7 heteroatoms. The predicted molar refractivity (Wildman–Crippen MR) is 124 cm³/mol. The molecule has 1 heterocycles. The lowest BCUT2D eigenvalue weighted by atomic mass is 10.1. The number of hydrogen-bond donors (Lipinski definition) is 0. The fraction of sp³-hybridized carbons (Fsp3) is 0.160. The fourth-order valence-electron chi connectivity index (χ4n) is 3.48. The summed E-state index contributed by atoms with van der Waals surface area (Å²) in [5.74, 6) is 2.19. The number of rotatable bonds is 6. The quantitative estimate of drug-likeness (QED) is 0.384. The first-order chi connectivity index (χ1) is 15.4. The normalized spacial score (nSPS) is 13.7. The highest BCUT2D eigenvalue weighted by atomic mass is 35.5. The number of allylic oxidation sites excluding steroid dienone is 1. The number of benzene rings is 3. The van der Waals surface area contributed by atoms with E-state index < -0.39 is 0 Å². The summed E-state index contributed by atoms with van der Waals surface area (Å²) < 4.78 is 22.7. The van der Waals surface area contributed by atoms with Crippen LogP contribution < -0.4 is 18.9 Å². The van der Waals surface area contributed by atoms with Gasteiger partial charge in [0.2, 0.25) is 5.78 Å². The van der Waals surface area contributed by atoms with Crippen LogP contribution in [0.4, 0.5) is 0 Å². The van der Waals surface area contributed by atoms with E-state index in [4.69, 9.17) is 42.1 Å². The summed E-state index contributed by atoms with van der Waals surface area (Å²) in [4.78, 5) is 12.9. The molecule has 0 spiro atoms. The minimum absolute atomic E-state index is 0.205. The molecule has 0 radical (unpaired) electrons. The number of halogens is 2. The van der Waals surface area contributed by atoms with Crippen molar-refractivity contribution in [3.63, 3.8) is 0 Å². The largest absolute Gasteiger partial charge is 0.493 e. The summed E-state index contributed by atoms with van der Waals surface area (Å²) in [6.07, 6.45) is 1.65. The van der Waals surface area contributed by atoms with E-state index in [0.29, 0.717) is 50.8 Å². The van der Waals surface area contributed by atoms with Crippen molar-refractivity contribution in [3.05, 3.63) is 86.6 Å². The van der Waals surface area contributed by atoms with Gasteiger partial charge in [-0.05, 0) is 48.9 Å². The van der Waals surface area contributed by atoms with E-state index >= 15 is 0 Å². The van der Waals surface area contributed by atoms with Gasteiger partial charge in [0.05, 0.1) is 29.8 Å². The van der Waals surface area contributed by atoms with Gasteiger partial charge < -0.3 is 18.9 Å². The van der Waals surface area contributed by atoms with Gasteiger partial charge in [-0.3, -0.25) is 4.79 Å². The van der Waals surface area contributed by atoms with Crippen LogP contribution in [-0.4, -0.2) is 20.0 Å². The summed E-state index contributed by atoms with van der Waals surface area (Å²) in [5.41, 5.74) is 2.77. The third-order valence-electron chi connectivity index (χ3n) is 5.13. The number of Topliss-reactive ketones (excluding diaryl/α,β-unsaturated/α-hetero) is 1. The monoisotopic (exact) mass is 470 g/mol. The topological polar surface area (TPSA) is 54.0 Å². The van der Waals surface area contributed by atoms with E-state index in [-0.39, 0.29) is 11.5 Å². The van der Waals surface area contributed by atoms with Crippen LogP contribution in [0, 0.1) is 6.92 Å². The van der Waals surface area contributed by atoms with Gasteiger partial charge in [-0.1, -0.05) is 41.4 Å². The van der Waals surface area contributed by atoms with Crippen LogP contribution in [0.1, 0.15) is 27.0 Å². The molecule has 3 aromatic rings. The van der Waals surface area contributed by atoms with E-state index in [2.05, 4.69) is 0 Å². The zero-order valence-corrected chi connectivity index (χ0v) is 19.2. The molecule has 4 rings (SSSR count). The number of para-hydroxylation sites is 1. The van der Waals surface area contributed by atoms with Crippen molar-refractivity contribution in [2.24, 2.45) is 0 Å². The van der Waals surface area contributed by atoms with Crippen LogP contribution in [0.2, 0.25) is 10.0 Å². The molecule has 0 atom stereocenters. The molecule has 3 aromatic carbocycles. The Hall–Kier alpha value is -3.15. The van der Waals surface area contributed by atoms with Gasteiger partial charge in [-0.25, -0.2) is 0 Å². The average molecular weight is 471 g/mol. The zero-order valence-electron chi connectivity index (χ0n) is 17.7. The fourth-order valence-corrected chi connectivity index (χ4v) is 3.80. The molecule has 1 aliphatic rings. The standard InChI is InChI=1S/C25H20Cl2O5/c1-14-20(31-13-15-7-9-18(26)19(27)11-15)10-8-17-23(28)22(32-24(14)17)12-16-5-4-6-21(29-2)25(16)30-3/h4-12H,13H2,1-3H3/b22-12-. The van der Waals surface area contributed by atoms with Crippen molar-refractivity contribution in [1.82, 2.24) is 0 Å². The number of hydrogen-bond acceptors (Lipinski definition) is 5. The highest BCUT2D eigenvalue weighted by molar-refractivity contribution is 6.42. The molecule has 0 N–H and O–H groups in total. The summed E-state index contributed by atoms with van der Waals surface area (Å²) in [6, 6.07) is 14.2. The summed E-state index contributed by atoms with van der Waals surface area (Å²) in [7, 11) is 3.11.